The molecule has 20 heavy (non-hydrogen) atoms. The average Bonchev–Trinajstić information content (AvgIpc) is 2.46. The average molecular weight is 275 g/mol. The smallest absolute Gasteiger partial charge is 0.133 e. The van der Waals surface area contributed by atoms with Crippen molar-refractivity contribution in [3.05, 3.63) is 22.9 Å². The van der Waals surface area contributed by atoms with Gasteiger partial charge in [0.15, 0.2) is 0 Å². The minimum Gasteiger partial charge on any atom is -0.390 e. The number of rotatable bonds is 2. The molecule has 4 heteroatoms. The van der Waals surface area contributed by atoms with Gasteiger partial charge in [-0.1, -0.05) is 0 Å². The van der Waals surface area contributed by atoms with Crippen LogP contribution in [0.2, 0.25) is 0 Å². The highest BCUT2D eigenvalue weighted by atomic mass is 16.3. The molecule has 1 aliphatic heterocycles. The lowest BCUT2D eigenvalue weighted by atomic mass is 9.92. The second-order valence-corrected chi connectivity index (χ2v) is 6.47. The Morgan fingerprint density at radius 1 is 1.30 bits per heavy atom. The second-order valence-electron chi connectivity index (χ2n) is 6.47. The van der Waals surface area contributed by atoms with Crippen LogP contribution < -0.4 is 10.6 Å². The number of piperidine rings is 1. The summed E-state index contributed by atoms with van der Waals surface area (Å²) in [4.78, 5) is 7.22. The minimum absolute atomic E-state index is 0.520. The van der Waals surface area contributed by atoms with Gasteiger partial charge in [0.1, 0.15) is 5.82 Å². The minimum atomic E-state index is -0.520. The maximum atomic E-state index is 10.1. The van der Waals surface area contributed by atoms with Gasteiger partial charge in [0.25, 0.3) is 0 Å². The van der Waals surface area contributed by atoms with Gasteiger partial charge in [0.2, 0.25) is 0 Å². The molecule has 4 nitrogen and oxygen atoms in total. The molecule has 1 saturated heterocycles. The van der Waals surface area contributed by atoms with E-state index in [1.165, 1.54) is 24.1 Å². The molecule has 0 radical (unpaired) electrons. The van der Waals surface area contributed by atoms with E-state index in [2.05, 4.69) is 11.0 Å². The van der Waals surface area contributed by atoms with Crippen LogP contribution in [-0.4, -0.2) is 28.8 Å². The summed E-state index contributed by atoms with van der Waals surface area (Å²) in [6, 6.07) is 2.27. The Balaban J connectivity index is 1.88. The molecule has 1 aliphatic carbocycles. The molecular formula is C16H25N3O. The number of fused-ring (bicyclic) bond motifs is 1. The maximum absolute atomic E-state index is 10.1. The summed E-state index contributed by atoms with van der Waals surface area (Å²) in [5.41, 5.74) is 9.22. The predicted octanol–water partition coefficient (Wildman–Crippen LogP) is 1.77. The molecule has 3 rings (SSSR count). The highest BCUT2D eigenvalue weighted by molar-refractivity contribution is 5.51. The molecule has 3 N–H and O–H groups in total. The van der Waals surface area contributed by atoms with Gasteiger partial charge >= 0.3 is 0 Å². The van der Waals surface area contributed by atoms with Crippen molar-refractivity contribution in [3.63, 3.8) is 0 Å². The first kappa shape index (κ1) is 13.8. The predicted molar refractivity (Wildman–Crippen MR) is 80.8 cm³/mol. The van der Waals surface area contributed by atoms with Crippen molar-refractivity contribution in [2.75, 3.05) is 18.0 Å². The lowest BCUT2D eigenvalue weighted by Gasteiger charge is -2.37. The number of hydrogen-bond donors (Lipinski definition) is 2. The molecule has 0 saturated carbocycles. The van der Waals surface area contributed by atoms with Crippen LogP contribution in [0, 0.1) is 0 Å². The molecule has 1 fully saturated rings. The summed E-state index contributed by atoms with van der Waals surface area (Å²) >= 11 is 0. The fraction of sp³-hybridized carbons (Fsp3) is 0.688. The maximum Gasteiger partial charge on any atom is 0.133 e. The van der Waals surface area contributed by atoms with E-state index in [4.69, 9.17) is 10.7 Å². The number of pyridine rings is 1. The van der Waals surface area contributed by atoms with Crippen LogP contribution in [-0.2, 0) is 19.4 Å². The number of aromatic nitrogens is 1. The molecule has 0 spiro atoms. The van der Waals surface area contributed by atoms with Crippen LogP contribution in [0.5, 0.6) is 0 Å². The third-order valence-electron chi connectivity index (χ3n) is 4.72. The number of anilines is 1. The first-order valence-corrected chi connectivity index (χ1v) is 7.78. The first-order chi connectivity index (χ1) is 9.59. The van der Waals surface area contributed by atoms with Gasteiger partial charge in [-0.15, -0.1) is 0 Å². The first-order valence-electron chi connectivity index (χ1n) is 7.78. The van der Waals surface area contributed by atoms with E-state index in [0.29, 0.717) is 6.54 Å². The molecule has 0 atom stereocenters. The molecular weight excluding hydrogens is 250 g/mol. The SMILES string of the molecule is CC1(O)CCN(c2nc3c(cc2CN)CCCC3)CC1. The second kappa shape index (κ2) is 5.34. The van der Waals surface area contributed by atoms with Crippen molar-refractivity contribution in [1.82, 2.24) is 4.98 Å². The number of hydrogen-bond acceptors (Lipinski definition) is 4. The molecule has 1 aromatic heterocycles. The normalized spacial score (nSPS) is 21.6. The summed E-state index contributed by atoms with van der Waals surface area (Å²) in [5, 5.41) is 10.1. The van der Waals surface area contributed by atoms with Crippen LogP contribution in [0.1, 0.15) is 49.4 Å². The van der Waals surface area contributed by atoms with Crippen molar-refractivity contribution >= 4 is 5.82 Å². The van der Waals surface area contributed by atoms with Gasteiger partial charge in [0, 0.05) is 30.9 Å². The topological polar surface area (TPSA) is 62.4 Å². The number of nitrogens with zero attached hydrogens (tertiary/aromatic N) is 2. The van der Waals surface area contributed by atoms with Gasteiger partial charge in [-0.25, -0.2) is 4.98 Å². The number of aryl methyl sites for hydroxylation is 2. The molecule has 0 amide bonds. The van der Waals surface area contributed by atoms with Gasteiger partial charge in [0.05, 0.1) is 5.60 Å². The zero-order valence-corrected chi connectivity index (χ0v) is 12.4. The fourth-order valence-electron chi connectivity index (χ4n) is 3.29. The highest BCUT2D eigenvalue weighted by Crippen LogP contribution is 2.30. The third-order valence-corrected chi connectivity index (χ3v) is 4.72. The molecule has 1 aromatic rings. The van der Waals surface area contributed by atoms with Crippen LogP contribution in [0.15, 0.2) is 6.07 Å². The van der Waals surface area contributed by atoms with E-state index in [1.54, 1.807) is 0 Å². The third kappa shape index (κ3) is 2.67. The van der Waals surface area contributed by atoms with E-state index in [0.717, 1.165) is 50.2 Å². The molecule has 0 unspecified atom stereocenters. The van der Waals surface area contributed by atoms with Gasteiger partial charge < -0.3 is 15.7 Å². The van der Waals surface area contributed by atoms with E-state index < -0.39 is 5.60 Å². The van der Waals surface area contributed by atoms with Gasteiger partial charge in [-0.05, 0) is 57.1 Å². The largest absolute Gasteiger partial charge is 0.390 e. The molecule has 110 valence electrons. The number of nitrogens with two attached hydrogens (primary N) is 1. The van der Waals surface area contributed by atoms with E-state index in [9.17, 15) is 5.11 Å². The Kier molecular flexibility index (Phi) is 3.69. The quantitative estimate of drug-likeness (QED) is 0.863. The van der Waals surface area contributed by atoms with Crippen LogP contribution >= 0.6 is 0 Å². The summed E-state index contributed by atoms with van der Waals surface area (Å²) in [5.74, 6) is 1.06. The Morgan fingerprint density at radius 2 is 2.00 bits per heavy atom. The van der Waals surface area contributed by atoms with Crippen molar-refractivity contribution in [3.8, 4) is 0 Å². The summed E-state index contributed by atoms with van der Waals surface area (Å²) in [6.45, 7) is 4.20. The zero-order chi connectivity index (χ0) is 14.2. The van der Waals surface area contributed by atoms with Crippen LogP contribution in [0.3, 0.4) is 0 Å². The molecule has 0 bridgehead atoms. The van der Waals surface area contributed by atoms with Crippen LogP contribution in [0.25, 0.3) is 0 Å². The van der Waals surface area contributed by atoms with E-state index in [-0.39, 0.29) is 0 Å². The van der Waals surface area contributed by atoms with Crippen LogP contribution in [0.4, 0.5) is 5.82 Å². The monoisotopic (exact) mass is 275 g/mol. The van der Waals surface area contributed by atoms with Crippen molar-refractivity contribution in [1.29, 1.82) is 0 Å². The van der Waals surface area contributed by atoms with Gasteiger partial charge in [-0.3, -0.25) is 0 Å². The Bertz CT molecular complexity index is 489. The van der Waals surface area contributed by atoms with E-state index in [1.807, 2.05) is 6.92 Å². The van der Waals surface area contributed by atoms with Crippen molar-refractivity contribution in [2.24, 2.45) is 5.73 Å². The molecule has 2 aliphatic rings. The lowest BCUT2D eigenvalue weighted by molar-refractivity contribution is 0.0350. The lowest BCUT2D eigenvalue weighted by Crippen LogP contribution is -2.43. The molecule has 2 heterocycles. The fourth-order valence-corrected chi connectivity index (χ4v) is 3.29. The number of aliphatic hydroxyl groups is 1. The molecule has 0 aromatic carbocycles. The zero-order valence-electron chi connectivity index (χ0n) is 12.4. The van der Waals surface area contributed by atoms with Gasteiger partial charge in [-0.2, -0.15) is 0 Å². The highest BCUT2D eigenvalue weighted by Gasteiger charge is 2.29. The summed E-state index contributed by atoms with van der Waals surface area (Å²) in [7, 11) is 0. The Labute approximate surface area is 121 Å². The standard InChI is InChI=1S/C16H25N3O/c1-16(20)6-8-19(9-7-16)15-13(11-17)10-12-4-2-3-5-14(12)18-15/h10,20H,2-9,11,17H2,1H3. The van der Waals surface area contributed by atoms with E-state index >= 15 is 0 Å². The summed E-state index contributed by atoms with van der Waals surface area (Å²) < 4.78 is 0. The Hall–Kier alpha value is -1.13. The van der Waals surface area contributed by atoms with Crippen molar-refractivity contribution in [2.45, 2.75) is 57.6 Å². The Morgan fingerprint density at radius 3 is 2.70 bits per heavy atom. The summed E-state index contributed by atoms with van der Waals surface area (Å²) in [6.07, 6.45) is 6.36. The van der Waals surface area contributed by atoms with Crippen molar-refractivity contribution < 1.29 is 5.11 Å².